The Hall–Kier alpha value is -0.830. The van der Waals surface area contributed by atoms with Gasteiger partial charge in [0.05, 0.1) is 0 Å². The summed E-state index contributed by atoms with van der Waals surface area (Å²) in [6.45, 7) is 3.79. The van der Waals surface area contributed by atoms with Gasteiger partial charge in [0, 0.05) is 19.5 Å². The van der Waals surface area contributed by atoms with Crippen molar-refractivity contribution in [3.63, 3.8) is 0 Å². The Kier molecular flexibility index (Phi) is 9.18. The van der Waals surface area contributed by atoms with Crippen molar-refractivity contribution in [3.05, 3.63) is 12.2 Å². The largest absolute Gasteiger partial charge is 0.355 e. The van der Waals surface area contributed by atoms with Gasteiger partial charge in [-0.2, -0.15) is 0 Å². The molecule has 1 N–H and O–H groups in total. The normalized spacial score (nSPS) is 11.2. The highest BCUT2D eigenvalue weighted by Crippen LogP contribution is 1.94. The van der Waals surface area contributed by atoms with Gasteiger partial charge in [-0.25, -0.2) is 0 Å². The van der Waals surface area contributed by atoms with Crippen molar-refractivity contribution in [3.8, 4) is 0 Å². The molecule has 0 atom stereocenters. The third kappa shape index (κ3) is 11.1. The van der Waals surface area contributed by atoms with Gasteiger partial charge in [-0.3, -0.25) is 4.79 Å². The van der Waals surface area contributed by atoms with Crippen molar-refractivity contribution in [2.75, 3.05) is 27.2 Å². The Morgan fingerprint density at radius 1 is 1.27 bits per heavy atom. The van der Waals surface area contributed by atoms with E-state index in [4.69, 9.17) is 0 Å². The molecule has 3 heteroatoms. The minimum absolute atomic E-state index is 0.151. The Morgan fingerprint density at radius 3 is 2.53 bits per heavy atom. The highest BCUT2D eigenvalue weighted by Gasteiger charge is 1.98. The molecule has 0 saturated carbocycles. The molecule has 0 aliphatic heterocycles. The molecular weight excluding hydrogens is 188 g/mol. The maximum atomic E-state index is 11.3. The number of rotatable bonds is 8. The van der Waals surface area contributed by atoms with Gasteiger partial charge in [0.25, 0.3) is 0 Å². The van der Waals surface area contributed by atoms with Crippen molar-refractivity contribution in [2.24, 2.45) is 0 Å². The highest BCUT2D eigenvalue weighted by atomic mass is 16.1. The van der Waals surface area contributed by atoms with E-state index in [1.165, 1.54) is 6.42 Å². The summed E-state index contributed by atoms with van der Waals surface area (Å²) in [6, 6.07) is 0. The van der Waals surface area contributed by atoms with Gasteiger partial charge in [0.2, 0.25) is 5.91 Å². The SMILES string of the molecule is CCC/C=C/CCC(=O)NCCN(C)C. The lowest BCUT2D eigenvalue weighted by Crippen LogP contribution is -2.31. The maximum Gasteiger partial charge on any atom is 0.220 e. The molecule has 0 aliphatic carbocycles. The second-order valence-corrected chi connectivity index (χ2v) is 3.95. The van der Waals surface area contributed by atoms with E-state index in [0.29, 0.717) is 6.42 Å². The molecule has 0 heterocycles. The number of likely N-dealkylation sites (N-methyl/N-ethyl adjacent to an activating group) is 1. The number of carbonyl (C=O) groups is 1. The molecule has 1 amide bonds. The van der Waals surface area contributed by atoms with Gasteiger partial charge in [-0.05, 0) is 26.9 Å². The number of carbonyl (C=O) groups excluding carboxylic acids is 1. The first kappa shape index (κ1) is 14.2. The van der Waals surface area contributed by atoms with E-state index in [2.05, 4.69) is 29.3 Å². The molecule has 0 bridgehead atoms. The molecule has 0 radical (unpaired) electrons. The Labute approximate surface area is 93.5 Å². The molecule has 0 spiro atoms. The predicted octanol–water partition coefficient (Wildman–Crippen LogP) is 1.80. The molecule has 3 nitrogen and oxygen atoms in total. The minimum atomic E-state index is 0.151. The Morgan fingerprint density at radius 2 is 1.93 bits per heavy atom. The average Bonchev–Trinajstić information content (AvgIpc) is 2.17. The Balaban J connectivity index is 3.33. The van der Waals surface area contributed by atoms with Crippen LogP contribution in [0, 0.1) is 0 Å². The van der Waals surface area contributed by atoms with Crippen LogP contribution >= 0.6 is 0 Å². The predicted molar refractivity (Wildman–Crippen MR) is 64.8 cm³/mol. The first-order chi connectivity index (χ1) is 7.16. The van der Waals surface area contributed by atoms with E-state index in [-0.39, 0.29) is 5.91 Å². The second kappa shape index (κ2) is 9.71. The van der Waals surface area contributed by atoms with Crippen LogP contribution in [0.3, 0.4) is 0 Å². The maximum absolute atomic E-state index is 11.3. The number of unbranched alkanes of at least 4 members (excludes halogenated alkanes) is 1. The number of allylic oxidation sites excluding steroid dienone is 2. The molecule has 0 fully saturated rings. The van der Waals surface area contributed by atoms with Crippen LogP contribution in [0.15, 0.2) is 12.2 Å². The molecule has 88 valence electrons. The first-order valence-corrected chi connectivity index (χ1v) is 5.73. The van der Waals surface area contributed by atoms with E-state index >= 15 is 0 Å². The van der Waals surface area contributed by atoms with Crippen LogP contribution in [-0.4, -0.2) is 38.0 Å². The number of nitrogens with zero attached hydrogens (tertiary/aromatic N) is 1. The molecule has 0 rings (SSSR count). The fourth-order valence-electron chi connectivity index (χ4n) is 1.12. The van der Waals surface area contributed by atoms with Crippen LogP contribution < -0.4 is 5.32 Å². The molecule has 15 heavy (non-hydrogen) atoms. The van der Waals surface area contributed by atoms with Crippen molar-refractivity contribution in [2.45, 2.75) is 32.6 Å². The minimum Gasteiger partial charge on any atom is -0.355 e. The van der Waals surface area contributed by atoms with E-state index < -0.39 is 0 Å². The van der Waals surface area contributed by atoms with Gasteiger partial charge in [-0.15, -0.1) is 0 Å². The number of amides is 1. The quantitative estimate of drug-likeness (QED) is 0.622. The van der Waals surface area contributed by atoms with Crippen molar-refractivity contribution in [1.29, 1.82) is 0 Å². The number of hydrogen-bond acceptors (Lipinski definition) is 2. The summed E-state index contributed by atoms with van der Waals surface area (Å²) in [6.07, 6.45) is 7.98. The van der Waals surface area contributed by atoms with Crippen LogP contribution in [0.5, 0.6) is 0 Å². The summed E-state index contributed by atoms with van der Waals surface area (Å²) in [4.78, 5) is 13.4. The van der Waals surface area contributed by atoms with Crippen LogP contribution in [0.25, 0.3) is 0 Å². The molecule has 0 aromatic rings. The zero-order chi connectivity index (χ0) is 11.5. The van der Waals surface area contributed by atoms with E-state index in [1.807, 2.05) is 14.1 Å². The van der Waals surface area contributed by atoms with Gasteiger partial charge < -0.3 is 10.2 Å². The van der Waals surface area contributed by atoms with E-state index in [9.17, 15) is 4.79 Å². The smallest absolute Gasteiger partial charge is 0.220 e. The van der Waals surface area contributed by atoms with Crippen LogP contribution in [0.4, 0.5) is 0 Å². The van der Waals surface area contributed by atoms with Crippen LogP contribution in [0.1, 0.15) is 32.6 Å². The second-order valence-electron chi connectivity index (χ2n) is 3.95. The Bertz CT molecular complexity index is 188. The molecule has 0 aromatic carbocycles. The van der Waals surface area contributed by atoms with Crippen molar-refractivity contribution < 1.29 is 4.79 Å². The van der Waals surface area contributed by atoms with Crippen molar-refractivity contribution >= 4 is 5.91 Å². The topological polar surface area (TPSA) is 32.3 Å². The molecule has 0 aromatic heterocycles. The lowest BCUT2D eigenvalue weighted by atomic mass is 10.2. The third-order valence-corrected chi connectivity index (χ3v) is 2.04. The third-order valence-electron chi connectivity index (χ3n) is 2.04. The summed E-state index contributed by atoms with van der Waals surface area (Å²) >= 11 is 0. The molecule has 0 unspecified atom stereocenters. The highest BCUT2D eigenvalue weighted by molar-refractivity contribution is 5.75. The monoisotopic (exact) mass is 212 g/mol. The lowest BCUT2D eigenvalue weighted by molar-refractivity contribution is -0.121. The van der Waals surface area contributed by atoms with Crippen LogP contribution in [-0.2, 0) is 4.79 Å². The van der Waals surface area contributed by atoms with Gasteiger partial charge in [-0.1, -0.05) is 25.5 Å². The van der Waals surface area contributed by atoms with E-state index in [1.54, 1.807) is 0 Å². The van der Waals surface area contributed by atoms with Gasteiger partial charge in [0.1, 0.15) is 0 Å². The van der Waals surface area contributed by atoms with Gasteiger partial charge in [0.15, 0.2) is 0 Å². The zero-order valence-electron chi connectivity index (χ0n) is 10.3. The molecular formula is C12H24N2O. The zero-order valence-corrected chi connectivity index (χ0v) is 10.3. The lowest BCUT2D eigenvalue weighted by Gasteiger charge is -2.09. The first-order valence-electron chi connectivity index (χ1n) is 5.73. The van der Waals surface area contributed by atoms with Crippen molar-refractivity contribution in [1.82, 2.24) is 10.2 Å². The number of hydrogen-bond donors (Lipinski definition) is 1. The van der Waals surface area contributed by atoms with Gasteiger partial charge >= 0.3 is 0 Å². The van der Waals surface area contributed by atoms with E-state index in [0.717, 1.165) is 25.9 Å². The standard InChI is InChI=1S/C12H24N2O/c1-4-5-6-7-8-9-12(15)13-10-11-14(2)3/h6-7H,4-5,8-11H2,1-3H3,(H,13,15)/b7-6+. The number of nitrogens with one attached hydrogen (secondary N) is 1. The van der Waals surface area contributed by atoms with Crippen LogP contribution in [0.2, 0.25) is 0 Å². The fourth-order valence-corrected chi connectivity index (χ4v) is 1.12. The summed E-state index contributed by atoms with van der Waals surface area (Å²) in [5.41, 5.74) is 0. The molecule has 0 saturated heterocycles. The summed E-state index contributed by atoms with van der Waals surface area (Å²) < 4.78 is 0. The summed E-state index contributed by atoms with van der Waals surface area (Å²) in [5, 5.41) is 2.89. The average molecular weight is 212 g/mol. The summed E-state index contributed by atoms with van der Waals surface area (Å²) in [7, 11) is 4.00. The summed E-state index contributed by atoms with van der Waals surface area (Å²) in [5.74, 6) is 0.151. The fraction of sp³-hybridized carbons (Fsp3) is 0.750. The molecule has 0 aliphatic rings.